The van der Waals surface area contributed by atoms with Crippen molar-refractivity contribution in [2.75, 3.05) is 13.1 Å². The Bertz CT molecular complexity index is 573. The molecule has 1 N–H and O–H groups in total. The van der Waals surface area contributed by atoms with E-state index in [4.69, 9.17) is 5.11 Å². The maximum atomic E-state index is 12.4. The average Bonchev–Trinajstić information content (AvgIpc) is 2.84. The van der Waals surface area contributed by atoms with Gasteiger partial charge in [0, 0.05) is 26.6 Å². The molecular formula is C12H19N3O4S. The quantitative estimate of drug-likeness (QED) is 0.863. The number of carbonyl (C=O) groups is 1. The molecule has 1 aliphatic rings. The summed E-state index contributed by atoms with van der Waals surface area (Å²) in [6.07, 6.45) is 3.66. The summed E-state index contributed by atoms with van der Waals surface area (Å²) in [6, 6.07) is 1.49. The fourth-order valence-electron chi connectivity index (χ4n) is 2.51. The first-order valence-corrected chi connectivity index (χ1v) is 8.05. The van der Waals surface area contributed by atoms with Gasteiger partial charge in [0.15, 0.2) is 5.03 Å². The van der Waals surface area contributed by atoms with Crippen LogP contribution in [0, 0.1) is 5.92 Å². The fraction of sp³-hybridized carbons (Fsp3) is 0.667. The summed E-state index contributed by atoms with van der Waals surface area (Å²) in [4.78, 5) is 10.5. The lowest BCUT2D eigenvalue weighted by Crippen LogP contribution is -2.39. The standard InChI is InChI=1S/C12H19N3O4S/c1-14-11(4-7-13-14)20(18,19)15-8-5-10(6-9-15)2-3-12(16)17/h4,7,10H,2-3,5-6,8-9H2,1H3,(H,16,17). The number of carboxylic acids is 1. The van der Waals surface area contributed by atoms with Crippen molar-refractivity contribution in [2.24, 2.45) is 13.0 Å². The molecule has 0 aromatic carbocycles. The number of rotatable bonds is 5. The van der Waals surface area contributed by atoms with Crippen LogP contribution in [0.3, 0.4) is 0 Å². The van der Waals surface area contributed by atoms with Crippen LogP contribution in [-0.2, 0) is 21.9 Å². The van der Waals surface area contributed by atoms with Crippen LogP contribution in [0.15, 0.2) is 17.3 Å². The Balaban J connectivity index is 1.97. The fourth-order valence-corrected chi connectivity index (χ4v) is 4.08. The van der Waals surface area contributed by atoms with E-state index in [0.29, 0.717) is 38.3 Å². The van der Waals surface area contributed by atoms with Crippen molar-refractivity contribution in [3.63, 3.8) is 0 Å². The molecule has 1 saturated heterocycles. The van der Waals surface area contributed by atoms with E-state index in [1.165, 1.54) is 21.3 Å². The first-order valence-electron chi connectivity index (χ1n) is 6.61. The Morgan fingerprint density at radius 2 is 2.10 bits per heavy atom. The maximum Gasteiger partial charge on any atom is 0.303 e. The first-order chi connectivity index (χ1) is 9.41. The van der Waals surface area contributed by atoms with Crippen LogP contribution in [0.2, 0.25) is 0 Å². The molecule has 0 radical (unpaired) electrons. The van der Waals surface area contributed by atoms with Crippen molar-refractivity contribution in [1.82, 2.24) is 14.1 Å². The van der Waals surface area contributed by atoms with E-state index < -0.39 is 16.0 Å². The predicted molar refractivity (Wildman–Crippen MR) is 71.6 cm³/mol. The number of aryl methyl sites for hydroxylation is 1. The van der Waals surface area contributed by atoms with E-state index in [1.54, 1.807) is 7.05 Å². The van der Waals surface area contributed by atoms with E-state index in [1.807, 2.05) is 0 Å². The van der Waals surface area contributed by atoms with Gasteiger partial charge in [-0.05, 0) is 31.2 Å². The highest BCUT2D eigenvalue weighted by Crippen LogP contribution is 2.26. The summed E-state index contributed by atoms with van der Waals surface area (Å²) in [5.41, 5.74) is 0. The molecule has 1 aromatic heterocycles. The molecule has 0 spiro atoms. The van der Waals surface area contributed by atoms with Crippen LogP contribution in [0.4, 0.5) is 0 Å². The van der Waals surface area contributed by atoms with Crippen LogP contribution >= 0.6 is 0 Å². The highest BCUT2D eigenvalue weighted by Gasteiger charge is 2.31. The lowest BCUT2D eigenvalue weighted by atomic mass is 9.93. The summed E-state index contributed by atoms with van der Waals surface area (Å²) in [7, 11) is -1.88. The van der Waals surface area contributed by atoms with Crippen LogP contribution in [0.25, 0.3) is 0 Å². The van der Waals surface area contributed by atoms with Crippen molar-refractivity contribution in [2.45, 2.75) is 30.7 Å². The highest BCUT2D eigenvalue weighted by atomic mass is 32.2. The van der Waals surface area contributed by atoms with E-state index >= 15 is 0 Å². The van der Waals surface area contributed by atoms with Crippen LogP contribution < -0.4 is 0 Å². The Labute approximate surface area is 118 Å². The van der Waals surface area contributed by atoms with Crippen LogP contribution in [0.1, 0.15) is 25.7 Å². The minimum absolute atomic E-state index is 0.152. The summed E-state index contributed by atoms with van der Waals surface area (Å²) in [6.45, 7) is 0.885. The summed E-state index contributed by atoms with van der Waals surface area (Å²) in [5, 5.41) is 12.7. The van der Waals surface area contributed by atoms with E-state index in [0.717, 1.165) is 0 Å². The van der Waals surface area contributed by atoms with E-state index in [2.05, 4.69) is 5.10 Å². The molecule has 1 aromatic rings. The minimum atomic E-state index is -3.49. The lowest BCUT2D eigenvalue weighted by molar-refractivity contribution is -0.137. The summed E-state index contributed by atoms with van der Waals surface area (Å²) >= 11 is 0. The molecule has 0 aliphatic carbocycles. The number of piperidine rings is 1. The van der Waals surface area contributed by atoms with Gasteiger partial charge < -0.3 is 5.11 Å². The Morgan fingerprint density at radius 1 is 1.45 bits per heavy atom. The van der Waals surface area contributed by atoms with Gasteiger partial charge in [0.2, 0.25) is 0 Å². The first kappa shape index (κ1) is 15.0. The zero-order chi connectivity index (χ0) is 14.8. The van der Waals surface area contributed by atoms with Crippen molar-refractivity contribution in [3.05, 3.63) is 12.3 Å². The Kier molecular flexibility index (Phi) is 4.44. The third-order valence-corrected chi connectivity index (χ3v) is 5.69. The molecular weight excluding hydrogens is 282 g/mol. The van der Waals surface area contributed by atoms with E-state index in [9.17, 15) is 13.2 Å². The average molecular weight is 301 g/mol. The molecule has 2 rings (SSSR count). The van der Waals surface area contributed by atoms with Crippen molar-refractivity contribution < 1.29 is 18.3 Å². The second-order valence-electron chi connectivity index (χ2n) is 5.07. The van der Waals surface area contributed by atoms with Crippen molar-refractivity contribution in [3.8, 4) is 0 Å². The molecule has 8 heteroatoms. The molecule has 0 bridgehead atoms. The van der Waals surface area contributed by atoms with Gasteiger partial charge in [0.1, 0.15) is 0 Å². The van der Waals surface area contributed by atoms with Gasteiger partial charge in [-0.3, -0.25) is 9.48 Å². The number of nitrogens with zero attached hydrogens (tertiary/aromatic N) is 3. The smallest absolute Gasteiger partial charge is 0.303 e. The molecule has 112 valence electrons. The molecule has 2 heterocycles. The van der Waals surface area contributed by atoms with Gasteiger partial charge in [-0.1, -0.05) is 0 Å². The van der Waals surface area contributed by atoms with Gasteiger partial charge in [-0.15, -0.1) is 0 Å². The lowest BCUT2D eigenvalue weighted by Gasteiger charge is -2.30. The summed E-state index contributed by atoms with van der Waals surface area (Å²) < 4.78 is 27.6. The SMILES string of the molecule is Cn1nccc1S(=O)(=O)N1CCC(CCC(=O)O)CC1. The third kappa shape index (κ3) is 3.18. The van der Waals surface area contributed by atoms with Gasteiger partial charge in [0.25, 0.3) is 10.0 Å². The highest BCUT2D eigenvalue weighted by molar-refractivity contribution is 7.89. The molecule has 0 unspecified atom stereocenters. The topological polar surface area (TPSA) is 92.5 Å². The second kappa shape index (κ2) is 5.92. The number of aliphatic carboxylic acids is 1. The second-order valence-corrected chi connectivity index (χ2v) is 6.96. The third-order valence-electron chi connectivity index (χ3n) is 3.72. The van der Waals surface area contributed by atoms with E-state index in [-0.39, 0.29) is 11.4 Å². The summed E-state index contributed by atoms with van der Waals surface area (Å²) in [5.74, 6) is -0.501. The largest absolute Gasteiger partial charge is 0.481 e. The molecule has 7 nitrogen and oxygen atoms in total. The monoisotopic (exact) mass is 301 g/mol. The normalized spacial score (nSPS) is 18.2. The molecule has 0 saturated carbocycles. The van der Waals surface area contributed by atoms with Gasteiger partial charge in [-0.2, -0.15) is 9.40 Å². The zero-order valence-electron chi connectivity index (χ0n) is 11.4. The van der Waals surface area contributed by atoms with Crippen LogP contribution in [0.5, 0.6) is 0 Å². The Morgan fingerprint density at radius 3 is 2.60 bits per heavy atom. The zero-order valence-corrected chi connectivity index (χ0v) is 12.2. The predicted octanol–water partition coefficient (Wildman–Crippen LogP) is 0.686. The minimum Gasteiger partial charge on any atom is -0.481 e. The molecule has 1 aliphatic heterocycles. The van der Waals surface area contributed by atoms with Crippen molar-refractivity contribution in [1.29, 1.82) is 0 Å². The molecule has 0 amide bonds. The van der Waals surface area contributed by atoms with Gasteiger partial charge >= 0.3 is 5.97 Å². The molecule has 1 fully saturated rings. The number of hydrogen-bond acceptors (Lipinski definition) is 4. The number of hydrogen-bond donors (Lipinski definition) is 1. The maximum absolute atomic E-state index is 12.4. The van der Waals surface area contributed by atoms with Crippen molar-refractivity contribution >= 4 is 16.0 Å². The molecule has 20 heavy (non-hydrogen) atoms. The number of sulfonamides is 1. The number of aromatic nitrogens is 2. The van der Waals surface area contributed by atoms with Gasteiger partial charge in [-0.25, -0.2) is 8.42 Å². The molecule has 0 atom stereocenters. The number of carboxylic acid groups (broad SMARTS) is 1. The Hall–Kier alpha value is -1.41. The van der Waals surface area contributed by atoms with Gasteiger partial charge in [0.05, 0.1) is 6.20 Å². The van der Waals surface area contributed by atoms with Crippen LogP contribution in [-0.4, -0.2) is 46.7 Å².